The van der Waals surface area contributed by atoms with Crippen molar-refractivity contribution in [3.63, 3.8) is 0 Å². The van der Waals surface area contributed by atoms with Crippen molar-refractivity contribution in [2.24, 2.45) is 0 Å². The third kappa shape index (κ3) is 3.36. The van der Waals surface area contributed by atoms with E-state index in [2.05, 4.69) is 12.2 Å². The predicted octanol–water partition coefficient (Wildman–Crippen LogP) is 3.91. The molecule has 0 saturated carbocycles. The Labute approximate surface area is 148 Å². The van der Waals surface area contributed by atoms with Gasteiger partial charge in [0.05, 0.1) is 5.69 Å². The minimum atomic E-state index is -0.126. The summed E-state index contributed by atoms with van der Waals surface area (Å²) in [6.07, 6.45) is 3.63. The van der Waals surface area contributed by atoms with E-state index in [1.807, 2.05) is 72.9 Å². The number of amides is 1. The van der Waals surface area contributed by atoms with Crippen molar-refractivity contribution in [2.45, 2.75) is 26.7 Å². The molecular formula is C20H24N4O. The molecular weight excluding hydrogens is 312 g/mol. The summed E-state index contributed by atoms with van der Waals surface area (Å²) < 4.78 is 1.89. The Morgan fingerprint density at radius 2 is 1.92 bits per heavy atom. The van der Waals surface area contributed by atoms with E-state index in [-0.39, 0.29) is 5.91 Å². The lowest BCUT2D eigenvalue weighted by Crippen LogP contribution is -2.16. The molecule has 0 bridgehead atoms. The summed E-state index contributed by atoms with van der Waals surface area (Å²) in [5.41, 5.74) is 5.25. The number of hydrogen-bond acceptors (Lipinski definition) is 3. The molecule has 5 nitrogen and oxygen atoms in total. The quantitative estimate of drug-likeness (QED) is 0.768. The van der Waals surface area contributed by atoms with Crippen molar-refractivity contribution in [3.05, 3.63) is 59.5 Å². The van der Waals surface area contributed by atoms with Gasteiger partial charge in [0.2, 0.25) is 0 Å². The standard InChI is InChI=1S/C20H24N4O/c1-5-7-17-18(24-13-6-8-14(2)19(24)22-17)20(25)21-15-9-11-16(12-10-15)23(3)4/h6,8-13H,5,7H2,1-4H3,(H,21,25). The van der Waals surface area contributed by atoms with E-state index in [0.29, 0.717) is 5.69 Å². The molecule has 2 aromatic heterocycles. The van der Waals surface area contributed by atoms with Gasteiger partial charge in [-0.15, -0.1) is 0 Å². The summed E-state index contributed by atoms with van der Waals surface area (Å²) in [6.45, 7) is 4.11. The molecule has 3 aromatic rings. The number of pyridine rings is 1. The number of aryl methyl sites for hydroxylation is 2. The van der Waals surface area contributed by atoms with E-state index >= 15 is 0 Å². The van der Waals surface area contributed by atoms with Crippen LogP contribution in [0.25, 0.3) is 5.65 Å². The highest BCUT2D eigenvalue weighted by atomic mass is 16.2. The van der Waals surface area contributed by atoms with Crippen LogP contribution in [0.1, 0.15) is 35.1 Å². The van der Waals surface area contributed by atoms with Crippen LogP contribution in [0.15, 0.2) is 42.6 Å². The number of nitrogens with zero attached hydrogens (tertiary/aromatic N) is 3. The molecule has 130 valence electrons. The molecule has 0 aliphatic rings. The van der Waals surface area contributed by atoms with Crippen LogP contribution in [0.2, 0.25) is 0 Å². The average molecular weight is 336 g/mol. The third-order valence-corrected chi connectivity index (χ3v) is 4.26. The second kappa shape index (κ2) is 6.97. The summed E-state index contributed by atoms with van der Waals surface area (Å²) in [5.74, 6) is -0.126. The van der Waals surface area contributed by atoms with Gasteiger partial charge >= 0.3 is 0 Å². The normalized spacial score (nSPS) is 10.9. The van der Waals surface area contributed by atoms with Crippen molar-refractivity contribution in [1.82, 2.24) is 9.38 Å². The van der Waals surface area contributed by atoms with Crippen LogP contribution in [0.3, 0.4) is 0 Å². The first-order valence-corrected chi connectivity index (χ1v) is 8.56. The molecule has 1 amide bonds. The number of nitrogens with one attached hydrogen (secondary N) is 1. The highest BCUT2D eigenvalue weighted by molar-refractivity contribution is 6.04. The van der Waals surface area contributed by atoms with Crippen LogP contribution in [-0.2, 0) is 6.42 Å². The van der Waals surface area contributed by atoms with Gasteiger partial charge in [0.25, 0.3) is 5.91 Å². The van der Waals surface area contributed by atoms with Crippen LogP contribution < -0.4 is 10.2 Å². The number of carbonyl (C=O) groups is 1. The minimum Gasteiger partial charge on any atom is -0.378 e. The first-order chi connectivity index (χ1) is 12.0. The molecule has 2 heterocycles. The van der Waals surface area contributed by atoms with Gasteiger partial charge in [0.15, 0.2) is 0 Å². The highest BCUT2D eigenvalue weighted by Gasteiger charge is 2.19. The predicted molar refractivity (Wildman–Crippen MR) is 103 cm³/mol. The van der Waals surface area contributed by atoms with Crippen molar-refractivity contribution in [3.8, 4) is 0 Å². The summed E-state index contributed by atoms with van der Waals surface area (Å²) in [6, 6.07) is 11.8. The van der Waals surface area contributed by atoms with E-state index in [0.717, 1.165) is 41.1 Å². The molecule has 1 N–H and O–H groups in total. The van der Waals surface area contributed by atoms with Crippen molar-refractivity contribution in [1.29, 1.82) is 0 Å². The number of benzene rings is 1. The zero-order chi connectivity index (χ0) is 18.0. The fourth-order valence-corrected chi connectivity index (χ4v) is 2.94. The second-order valence-electron chi connectivity index (χ2n) is 6.44. The Hall–Kier alpha value is -2.82. The molecule has 5 heteroatoms. The van der Waals surface area contributed by atoms with Crippen LogP contribution in [0, 0.1) is 6.92 Å². The fraction of sp³-hybridized carbons (Fsp3) is 0.300. The van der Waals surface area contributed by atoms with Crippen molar-refractivity contribution in [2.75, 3.05) is 24.3 Å². The topological polar surface area (TPSA) is 49.6 Å². The number of aromatic nitrogens is 2. The summed E-state index contributed by atoms with van der Waals surface area (Å²) >= 11 is 0. The van der Waals surface area contributed by atoms with Crippen LogP contribution >= 0.6 is 0 Å². The van der Waals surface area contributed by atoms with Gasteiger partial charge in [0, 0.05) is 31.7 Å². The highest BCUT2D eigenvalue weighted by Crippen LogP contribution is 2.20. The molecule has 0 saturated heterocycles. The Balaban J connectivity index is 1.95. The zero-order valence-corrected chi connectivity index (χ0v) is 15.2. The molecule has 0 atom stereocenters. The number of carbonyl (C=O) groups excluding carboxylic acids is 1. The maximum atomic E-state index is 12.9. The largest absolute Gasteiger partial charge is 0.378 e. The van der Waals surface area contributed by atoms with Crippen molar-refractivity contribution < 1.29 is 4.79 Å². The number of rotatable bonds is 5. The Morgan fingerprint density at radius 1 is 1.20 bits per heavy atom. The summed E-state index contributed by atoms with van der Waals surface area (Å²) in [7, 11) is 3.98. The number of fused-ring (bicyclic) bond motifs is 1. The van der Waals surface area contributed by atoms with Gasteiger partial charge < -0.3 is 10.2 Å². The lowest BCUT2D eigenvalue weighted by molar-refractivity contribution is 0.102. The Kier molecular flexibility index (Phi) is 4.74. The van der Waals surface area contributed by atoms with E-state index in [9.17, 15) is 4.79 Å². The molecule has 0 fully saturated rings. The van der Waals surface area contributed by atoms with Gasteiger partial charge in [-0.1, -0.05) is 19.4 Å². The molecule has 0 radical (unpaired) electrons. The van der Waals surface area contributed by atoms with E-state index in [1.165, 1.54) is 0 Å². The van der Waals surface area contributed by atoms with Gasteiger partial charge in [0.1, 0.15) is 11.3 Å². The Bertz CT molecular complexity index is 894. The number of imidazole rings is 1. The van der Waals surface area contributed by atoms with Crippen LogP contribution in [0.5, 0.6) is 0 Å². The number of hydrogen-bond donors (Lipinski definition) is 1. The summed E-state index contributed by atoms with van der Waals surface area (Å²) in [4.78, 5) is 19.7. The monoisotopic (exact) mass is 336 g/mol. The Morgan fingerprint density at radius 3 is 2.56 bits per heavy atom. The fourth-order valence-electron chi connectivity index (χ4n) is 2.94. The van der Waals surface area contributed by atoms with Gasteiger partial charge in [-0.25, -0.2) is 4.98 Å². The van der Waals surface area contributed by atoms with Crippen molar-refractivity contribution >= 4 is 22.9 Å². The van der Waals surface area contributed by atoms with E-state index in [4.69, 9.17) is 4.98 Å². The van der Waals surface area contributed by atoms with E-state index in [1.54, 1.807) is 0 Å². The average Bonchev–Trinajstić information content (AvgIpc) is 2.95. The molecule has 0 aliphatic carbocycles. The summed E-state index contributed by atoms with van der Waals surface area (Å²) in [5, 5.41) is 3.00. The van der Waals surface area contributed by atoms with Gasteiger partial charge in [-0.3, -0.25) is 9.20 Å². The molecule has 25 heavy (non-hydrogen) atoms. The maximum Gasteiger partial charge on any atom is 0.274 e. The lowest BCUT2D eigenvalue weighted by atomic mass is 10.2. The van der Waals surface area contributed by atoms with Gasteiger partial charge in [-0.2, -0.15) is 0 Å². The molecule has 1 aromatic carbocycles. The minimum absolute atomic E-state index is 0.126. The van der Waals surface area contributed by atoms with Crippen LogP contribution in [-0.4, -0.2) is 29.4 Å². The first-order valence-electron chi connectivity index (χ1n) is 8.56. The van der Waals surface area contributed by atoms with E-state index < -0.39 is 0 Å². The maximum absolute atomic E-state index is 12.9. The lowest BCUT2D eigenvalue weighted by Gasteiger charge is -2.13. The molecule has 0 unspecified atom stereocenters. The number of anilines is 2. The third-order valence-electron chi connectivity index (χ3n) is 4.26. The molecule has 0 aliphatic heterocycles. The zero-order valence-electron chi connectivity index (χ0n) is 15.2. The second-order valence-corrected chi connectivity index (χ2v) is 6.44. The van der Waals surface area contributed by atoms with Crippen LogP contribution in [0.4, 0.5) is 11.4 Å². The SMILES string of the molecule is CCCc1nc2c(C)cccn2c1C(=O)Nc1ccc(N(C)C)cc1. The molecule has 3 rings (SSSR count). The first kappa shape index (κ1) is 17.0. The smallest absolute Gasteiger partial charge is 0.274 e. The molecule has 0 spiro atoms. The van der Waals surface area contributed by atoms with Gasteiger partial charge in [-0.05, 0) is 49.2 Å².